The molecule has 1 heterocycles. The number of nitriles is 1. The molecule has 1 aliphatic rings. The van der Waals surface area contributed by atoms with Crippen molar-refractivity contribution in [3.05, 3.63) is 29.3 Å². The number of carbonyl (C=O) groups is 1. The molecule has 18 heavy (non-hydrogen) atoms. The number of carboxylic acid groups (broad SMARTS) is 1. The van der Waals surface area contributed by atoms with Crippen molar-refractivity contribution in [3.8, 4) is 6.07 Å². The largest absolute Gasteiger partial charge is 0.465 e. The lowest BCUT2D eigenvalue weighted by Gasteiger charge is -2.31. The Morgan fingerprint density at radius 3 is 3.06 bits per heavy atom. The van der Waals surface area contributed by atoms with Crippen molar-refractivity contribution in [3.63, 3.8) is 0 Å². The maximum absolute atomic E-state index is 10.9. The molecule has 2 rings (SSSR count). The van der Waals surface area contributed by atoms with Crippen LogP contribution in [-0.2, 0) is 4.74 Å². The van der Waals surface area contributed by atoms with Gasteiger partial charge in [0.2, 0.25) is 0 Å². The molecule has 0 aromatic heterocycles. The van der Waals surface area contributed by atoms with Gasteiger partial charge in [-0.1, -0.05) is 6.07 Å². The fraction of sp³-hybridized carbons (Fsp3) is 0.333. The number of ether oxygens (including phenoxy) is 1. The Morgan fingerprint density at radius 1 is 1.61 bits per heavy atom. The van der Waals surface area contributed by atoms with Crippen LogP contribution in [0.2, 0.25) is 0 Å². The summed E-state index contributed by atoms with van der Waals surface area (Å²) in [6.07, 6.45) is -1.30. The molecule has 0 aliphatic carbocycles. The van der Waals surface area contributed by atoms with Gasteiger partial charge >= 0.3 is 6.09 Å². The third-order valence-corrected chi connectivity index (χ3v) is 2.91. The molecular weight excluding hydrogens is 234 g/mol. The molecule has 0 bridgehead atoms. The molecule has 1 amide bonds. The van der Waals surface area contributed by atoms with Gasteiger partial charge in [0, 0.05) is 12.2 Å². The van der Waals surface area contributed by atoms with Gasteiger partial charge in [-0.15, -0.1) is 0 Å². The van der Waals surface area contributed by atoms with E-state index in [1.165, 1.54) is 4.90 Å². The van der Waals surface area contributed by atoms with Crippen LogP contribution in [0.15, 0.2) is 18.2 Å². The number of nitrogens with zero attached hydrogens (tertiary/aromatic N) is 2. The van der Waals surface area contributed by atoms with E-state index in [-0.39, 0.29) is 12.6 Å². The number of nitrogen functional groups attached to an aromatic ring is 1. The molecule has 94 valence electrons. The van der Waals surface area contributed by atoms with Crippen LogP contribution < -0.4 is 5.73 Å². The minimum Gasteiger partial charge on any atom is -0.465 e. The monoisotopic (exact) mass is 247 g/mol. The molecule has 1 unspecified atom stereocenters. The van der Waals surface area contributed by atoms with Gasteiger partial charge in [-0.25, -0.2) is 4.79 Å². The first kappa shape index (κ1) is 12.2. The predicted molar refractivity (Wildman–Crippen MR) is 63.9 cm³/mol. The molecule has 1 saturated heterocycles. The first-order valence-electron chi connectivity index (χ1n) is 5.51. The standard InChI is InChI=1S/C12H13N3O3/c13-6-9-5-8(1-2-10(9)14)11-7-15(12(16)17)3-4-18-11/h1-2,5,11H,3-4,7,14H2,(H,16,17). The molecule has 1 aromatic rings. The zero-order valence-electron chi connectivity index (χ0n) is 9.67. The molecule has 6 heteroatoms. The summed E-state index contributed by atoms with van der Waals surface area (Å²) < 4.78 is 5.53. The van der Waals surface area contributed by atoms with Crippen molar-refractivity contribution >= 4 is 11.8 Å². The van der Waals surface area contributed by atoms with Crippen molar-refractivity contribution in [2.45, 2.75) is 6.10 Å². The smallest absolute Gasteiger partial charge is 0.407 e. The summed E-state index contributed by atoms with van der Waals surface area (Å²) >= 11 is 0. The fourth-order valence-corrected chi connectivity index (χ4v) is 1.90. The number of morpholine rings is 1. The zero-order valence-corrected chi connectivity index (χ0v) is 9.67. The van der Waals surface area contributed by atoms with E-state index in [9.17, 15) is 4.79 Å². The summed E-state index contributed by atoms with van der Waals surface area (Å²) in [6.45, 7) is 0.985. The van der Waals surface area contributed by atoms with Gasteiger partial charge in [0.05, 0.1) is 18.7 Å². The van der Waals surface area contributed by atoms with Crippen molar-refractivity contribution < 1.29 is 14.6 Å². The van der Waals surface area contributed by atoms with E-state index in [4.69, 9.17) is 20.8 Å². The van der Waals surface area contributed by atoms with Crippen LogP contribution in [0.5, 0.6) is 0 Å². The summed E-state index contributed by atoms with van der Waals surface area (Å²) in [4.78, 5) is 12.2. The van der Waals surface area contributed by atoms with Crippen LogP contribution in [0.3, 0.4) is 0 Å². The highest BCUT2D eigenvalue weighted by Crippen LogP contribution is 2.25. The normalized spacial score (nSPS) is 19.3. The van der Waals surface area contributed by atoms with Crippen LogP contribution in [-0.4, -0.2) is 35.8 Å². The number of benzene rings is 1. The Morgan fingerprint density at radius 2 is 2.39 bits per heavy atom. The molecule has 6 nitrogen and oxygen atoms in total. The topological polar surface area (TPSA) is 99.6 Å². The number of amides is 1. The maximum Gasteiger partial charge on any atom is 0.407 e. The van der Waals surface area contributed by atoms with Crippen LogP contribution in [0.25, 0.3) is 0 Å². The van der Waals surface area contributed by atoms with Crippen molar-refractivity contribution in [1.29, 1.82) is 5.26 Å². The molecule has 1 atom stereocenters. The predicted octanol–water partition coefficient (Wildman–Crippen LogP) is 1.19. The van der Waals surface area contributed by atoms with Gasteiger partial charge in [-0.3, -0.25) is 0 Å². The third-order valence-electron chi connectivity index (χ3n) is 2.91. The number of anilines is 1. The Hall–Kier alpha value is -2.26. The summed E-state index contributed by atoms with van der Waals surface area (Å²) in [6, 6.07) is 7.03. The van der Waals surface area contributed by atoms with E-state index < -0.39 is 6.09 Å². The van der Waals surface area contributed by atoms with E-state index in [0.29, 0.717) is 24.4 Å². The quantitative estimate of drug-likeness (QED) is 0.726. The maximum atomic E-state index is 10.9. The summed E-state index contributed by atoms with van der Waals surface area (Å²) in [7, 11) is 0. The molecule has 3 N–H and O–H groups in total. The van der Waals surface area contributed by atoms with Crippen LogP contribution in [0.4, 0.5) is 10.5 Å². The van der Waals surface area contributed by atoms with Crippen LogP contribution in [0, 0.1) is 11.3 Å². The molecule has 1 aromatic carbocycles. The van der Waals surface area contributed by atoms with Crippen molar-refractivity contribution in [2.24, 2.45) is 0 Å². The lowest BCUT2D eigenvalue weighted by atomic mass is 10.0. The second-order valence-electron chi connectivity index (χ2n) is 4.05. The Balaban J connectivity index is 2.21. The number of hydrogen-bond donors (Lipinski definition) is 2. The summed E-state index contributed by atoms with van der Waals surface area (Å²) in [5, 5.41) is 17.9. The van der Waals surface area contributed by atoms with Gasteiger partial charge < -0.3 is 20.5 Å². The highest BCUT2D eigenvalue weighted by molar-refractivity contribution is 5.65. The van der Waals surface area contributed by atoms with E-state index in [1.54, 1.807) is 18.2 Å². The average Bonchev–Trinajstić information content (AvgIpc) is 2.39. The second-order valence-corrected chi connectivity index (χ2v) is 4.05. The minimum atomic E-state index is -0.959. The number of hydrogen-bond acceptors (Lipinski definition) is 4. The molecule has 1 aliphatic heterocycles. The zero-order chi connectivity index (χ0) is 13.1. The van der Waals surface area contributed by atoms with E-state index in [2.05, 4.69) is 0 Å². The average molecular weight is 247 g/mol. The Labute approximate surface area is 104 Å². The molecule has 1 fully saturated rings. The van der Waals surface area contributed by atoms with Gasteiger partial charge in [0.1, 0.15) is 12.2 Å². The highest BCUT2D eigenvalue weighted by atomic mass is 16.5. The van der Waals surface area contributed by atoms with Crippen molar-refractivity contribution in [2.75, 3.05) is 25.4 Å². The SMILES string of the molecule is N#Cc1cc(C2CN(C(=O)O)CCO2)ccc1N. The highest BCUT2D eigenvalue weighted by Gasteiger charge is 2.25. The van der Waals surface area contributed by atoms with Crippen LogP contribution in [0.1, 0.15) is 17.2 Å². The lowest BCUT2D eigenvalue weighted by molar-refractivity contribution is -0.0232. The van der Waals surface area contributed by atoms with Crippen LogP contribution >= 0.6 is 0 Å². The third kappa shape index (κ3) is 2.36. The molecule has 0 saturated carbocycles. The van der Waals surface area contributed by atoms with E-state index in [0.717, 1.165) is 5.56 Å². The van der Waals surface area contributed by atoms with E-state index in [1.807, 2.05) is 6.07 Å². The Bertz CT molecular complexity index is 510. The number of nitrogens with two attached hydrogens (primary N) is 1. The van der Waals surface area contributed by atoms with Gasteiger partial charge in [-0.05, 0) is 17.7 Å². The first-order chi connectivity index (χ1) is 8.61. The summed E-state index contributed by atoms with van der Waals surface area (Å²) in [5.41, 5.74) is 7.19. The lowest BCUT2D eigenvalue weighted by Crippen LogP contribution is -2.41. The number of rotatable bonds is 1. The molecular formula is C12H13N3O3. The first-order valence-corrected chi connectivity index (χ1v) is 5.51. The van der Waals surface area contributed by atoms with Gasteiger partial charge in [-0.2, -0.15) is 5.26 Å². The molecule has 0 spiro atoms. The summed E-state index contributed by atoms with van der Waals surface area (Å²) in [5.74, 6) is 0. The second kappa shape index (κ2) is 4.94. The van der Waals surface area contributed by atoms with Gasteiger partial charge in [0.15, 0.2) is 0 Å². The minimum absolute atomic E-state index is 0.268. The fourth-order valence-electron chi connectivity index (χ4n) is 1.90. The van der Waals surface area contributed by atoms with Crippen molar-refractivity contribution in [1.82, 2.24) is 4.90 Å². The molecule has 0 radical (unpaired) electrons. The Kier molecular flexibility index (Phi) is 3.35. The van der Waals surface area contributed by atoms with E-state index >= 15 is 0 Å². The van der Waals surface area contributed by atoms with Gasteiger partial charge in [0.25, 0.3) is 0 Å².